The second-order valence-corrected chi connectivity index (χ2v) is 6.12. The summed E-state index contributed by atoms with van der Waals surface area (Å²) in [6.45, 7) is 2.94. The second kappa shape index (κ2) is 9.20. The smallest absolute Gasteiger partial charge is 0.230 e. The lowest BCUT2D eigenvalue weighted by molar-refractivity contribution is -0.118. The van der Waals surface area contributed by atoms with Crippen molar-refractivity contribution < 1.29 is 13.9 Å². The standard InChI is InChI=1S/C18H20FNO2S/c1-14-2-8-17(9-3-14)22-11-10-20-18(21)13-23-12-15-4-6-16(19)7-5-15/h2-9H,10-13H2,1H3,(H,20,21). The van der Waals surface area contributed by atoms with Crippen molar-refractivity contribution in [1.82, 2.24) is 5.32 Å². The van der Waals surface area contributed by atoms with E-state index in [1.54, 1.807) is 12.1 Å². The first-order valence-electron chi connectivity index (χ1n) is 7.42. The topological polar surface area (TPSA) is 38.3 Å². The predicted octanol–water partition coefficient (Wildman–Crippen LogP) is 3.56. The zero-order valence-electron chi connectivity index (χ0n) is 13.0. The molecule has 2 aromatic carbocycles. The van der Waals surface area contributed by atoms with E-state index in [0.29, 0.717) is 24.7 Å². The first kappa shape index (κ1) is 17.3. The number of carbonyl (C=O) groups excluding carboxylic acids is 1. The van der Waals surface area contributed by atoms with Crippen LogP contribution in [0.15, 0.2) is 48.5 Å². The third-order valence-electron chi connectivity index (χ3n) is 3.13. The minimum absolute atomic E-state index is 0.0235. The number of hydrogen-bond donors (Lipinski definition) is 1. The van der Waals surface area contributed by atoms with E-state index in [1.165, 1.54) is 29.5 Å². The molecule has 0 spiro atoms. The molecule has 0 unspecified atom stereocenters. The van der Waals surface area contributed by atoms with E-state index in [2.05, 4.69) is 5.32 Å². The van der Waals surface area contributed by atoms with Gasteiger partial charge in [0.15, 0.2) is 0 Å². The minimum Gasteiger partial charge on any atom is -0.492 e. The molecule has 2 aromatic rings. The summed E-state index contributed by atoms with van der Waals surface area (Å²) in [6, 6.07) is 14.1. The van der Waals surface area contributed by atoms with Crippen LogP contribution in [0.3, 0.4) is 0 Å². The van der Waals surface area contributed by atoms with Gasteiger partial charge in [0.1, 0.15) is 18.2 Å². The average molecular weight is 333 g/mol. The van der Waals surface area contributed by atoms with Crippen molar-refractivity contribution in [3.8, 4) is 5.75 Å². The molecule has 0 radical (unpaired) electrons. The van der Waals surface area contributed by atoms with Crippen LogP contribution in [0.1, 0.15) is 11.1 Å². The molecule has 0 atom stereocenters. The Hall–Kier alpha value is -2.01. The molecule has 0 saturated carbocycles. The lowest BCUT2D eigenvalue weighted by Gasteiger charge is -2.08. The zero-order valence-corrected chi connectivity index (χ0v) is 13.9. The van der Waals surface area contributed by atoms with Crippen LogP contribution in [-0.4, -0.2) is 24.8 Å². The van der Waals surface area contributed by atoms with Gasteiger partial charge in [0.25, 0.3) is 0 Å². The second-order valence-electron chi connectivity index (χ2n) is 5.13. The van der Waals surface area contributed by atoms with Crippen molar-refractivity contribution in [3.63, 3.8) is 0 Å². The molecule has 1 N–H and O–H groups in total. The van der Waals surface area contributed by atoms with Gasteiger partial charge in [-0.25, -0.2) is 4.39 Å². The molecule has 5 heteroatoms. The Bertz CT molecular complexity index is 614. The van der Waals surface area contributed by atoms with E-state index in [4.69, 9.17) is 4.74 Å². The van der Waals surface area contributed by atoms with Gasteiger partial charge in [-0.1, -0.05) is 29.8 Å². The number of halogens is 1. The van der Waals surface area contributed by atoms with Crippen LogP contribution in [0.25, 0.3) is 0 Å². The fourth-order valence-corrected chi connectivity index (χ4v) is 2.70. The third kappa shape index (κ3) is 6.74. The molecule has 23 heavy (non-hydrogen) atoms. The van der Waals surface area contributed by atoms with Crippen molar-refractivity contribution in [2.24, 2.45) is 0 Å². The summed E-state index contributed by atoms with van der Waals surface area (Å²) >= 11 is 1.50. The first-order chi connectivity index (χ1) is 11.1. The molecule has 0 bridgehead atoms. The molecule has 0 aliphatic rings. The molecule has 0 saturated heterocycles. The molecule has 1 amide bonds. The quantitative estimate of drug-likeness (QED) is 0.751. The van der Waals surface area contributed by atoms with Crippen LogP contribution >= 0.6 is 11.8 Å². The maximum atomic E-state index is 12.8. The summed E-state index contributed by atoms with van der Waals surface area (Å²) in [5.74, 6) is 1.60. The van der Waals surface area contributed by atoms with E-state index in [0.717, 1.165) is 11.3 Å². The number of hydrogen-bond acceptors (Lipinski definition) is 3. The molecule has 3 nitrogen and oxygen atoms in total. The summed E-state index contributed by atoms with van der Waals surface area (Å²) in [6.07, 6.45) is 0. The normalized spacial score (nSPS) is 10.3. The van der Waals surface area contributed by atoms with E-state index < -0.39 is 0 Å². The molecular weight excluding hydrogens is 313 g/mol. The van der Waals surface area contributed by atoms with Crippen LogP contribution < -0.4 is 10.1 Å². The lowest BCUT2D eigenvalue weighted by atomic mass is 10.2. The van der Waals surface area contributed by atoms with Crippen LogP contribution in [-0.2, 0) is 10.5 Å². The molecule has 0 aromatic heterocycles. The van der Waals surface area contributed by atoms with Gasteiger partial charge in [0.05, 0.1) is 12.3 Å². The Balaban J connectivity index is 1.56. The number of ether oxygens (including phenoxy) is 1. The molecular formula is C18H20FNO2S. The van der Waals surface area contributed by atoms with Crippen LogP contribution in [0.5, 0.6) is 5.75 Å². The van der Waals surface area contributed by atoms with Gasteiger partial charge in [0, 0.05) is 5.75 Å². The highest BCUT2D eigenvalue weighted by atomic mass is 32.2. The minimum atomic E-state index is -0.245. The molecule has 0 fully saturated rings. The number of aryl methyl sites for hydroxylation is 1. The monoisotopic (exact) mass is 333 g/mol. The summed E-state index contributed by atoms with van der Waals surface area (Å²) in [5.41, 5.74) is 2.19. The molecule has 2 rings (SSSR count). The number of carbonyl (C=O) groups is 1. The van der Waals surface area contributed by atoms with Crippen molar-refractivity contribution in [2.75, 3.05) is 18.9 Å². The summed E-state index contributed by atoms with van der Waals surface area (Å²) in [7, 11) is 0. The fourth-order valence-electron chi connectivity index (χ4n) is 1.89. The summed E-state index contributed by atoms with van der Waals surface area (Å²) in [4.78, 5) is 11.7. The van der Waals surface area contributed by atoms with Gasteiger partial charge < -0.3 is 10.1 Å². The third-order valence-corrected chi connectivity index (χ3v) is 4.13. The molecule has 0 aliphatic heterocycles. The average Bonchev–Trinajstić information content (AvgIpc) is 2.55. The Morgan fingerprint density at radius 1 is 1.13 bits per heavy atom. The highest BCUT2D eigenvalue weighted by molar-refractivity contribution is 7.99. The SMILES string of the molecule is Cc1ccc(OCCNC(=O)CSCc2ccc(F)cc2)cc1. The number of rotatable bonds is 8. The maximum Gasteiger partial charge on any atom is 0.230 e. The van der Waals surface area contributed by atoms with Crippen molar-refractivity contribution in [2.45, 2.75) is 12.7 Å². The number of nitrogens with one attached hydrogen (secondary N) is 1. The molecule has 0 aliphatic carbocycles. The van der Waals surface area contributed by atoms with Gasteiger partial charge in [-0.05, 0) is 36.8 Å². The summed E-state index contributed by atoms with van der Waals surface area (Å²) < 4.78 is 18.3. The zero-order chi connectivity index (χ0) is 16.5. The lowest BCUT2D eigenvalue weighted by Crippen LogP contribution is -2.29. The van der Waals surface area contributed by atoms with Crippen molar-refractivity contribution in [3.05, 3.63) is 65.5 Å². The van der Waals surface area contributed by atoms with Gasteiger partial charge >= 0.3 is 0 Å². The number of amides is 1. The van der Waals surface area contributed by atoms with Crippen LogP contribution in [0.2, 0.25) is 0 Å². The maximum absolute atomic E-state index is 12.8. The molecule has 122 valence electrons. The Kier molecular flexibility index (Phi) is 6.94. The fraction of sp³-hybridized carbons (Fsp3) is 0.278. The Labute approximate surface area is 140 Å². The van der Waals surface area contributed by atoms with Crippen LogP contribution in [0, 0.1) is 12.7 Å². The van der Waals surface area contributed by atoms with Gasteiger partial charge in [-0.3, -0.25) is 4.79 Å². The Morgan fingerprint density at radius 3 is 2.52 bits per heavy atom. The van der Waals surface area contributed by atoms with Crippen LogP contribution in [0.4, 0.5) is 4.39 Å². The predicted molar refractivity (Wildman–Crippen MR) is 92.2 cm³/mol. The highest BCUT2D eigenvalue weighted by Crippen LogP contribution is 2.12. The first-order valence-corrected chi connectivity index (χ1v) is 8.57. The summed E-state index contributed by atoms with van der Waals surface area (Å²) in [5, 5.41) is 2.81. The number of benzene rings is 2. The number of thioether (sulfide) groups is 1. The van der Waals surface area contributed by atoms with Gasteiger partial charge in [0.2, 0.25) is 5.91 Å². The van der Waals surface area contributed by atoms with E-state index in [-0.39, 0.29) is 11.7 Å². The van der Waals surface area contributed by atoms with Gasteiger partial charge in [-0.2, -0.15) is 0 Å². The van der Waals surface area contributed by atoms with Gasteiger partial charge in [-0.15, -0.1) is 11.8 Å². The Morgan fingerprint density at radius 2 is 1.83 bits per heavy atom. The van der Waals surface area contributed by atoms with E-state index in [1.807, 2.05) is 31.2 Å². The van der Waals surface area contributed by atoms with Crippen molar-refractivity contribution >= 4 is 17.7 Å². The highest BCUT2D eigenvalue weighted by Gasteiger charge is 2.02. The van der Waals surface area contributed by atoms with E-state index >= 15 is 0 Å². The largest absolute Gasteiger partial charge is 0.492 e. The van der Waals surface area contributed by atoms with Crippen molar-refractivity contribution in [1.29, 1.82) is 0 Å². The molecule has 0 heterocycles. The van der Waals surface area contributed by atoms with E-state index in [9.17, 15) is 9.18 Å².